The molecule has 2 atom stereocenters. The molecule has 2 nitrogen and oxygen atoms in total. The van der Waals surface area contributed by atoms with Crippen LogP contribution in [-0.4, -0.2) is 25.3 Å². The van der Waals surface area contributed by atoms with Gasteiger partial charge in [-0.05, 0) is 39.2 Å². The number of hydrogen-bond acceptors (Lipinski definition) is 2. The van der Waals surface area contributed by atoms with Gasteiger partial charge >= 0.3 is 0 Å². The summed E-state index contributed by atoms with van der Waals surface area (Å²) < 4.78 is 5.75. The molecule has 2 heteroatoms. The molecule has 0 spiro atoms. The molecular formula is C12H27NO. The molecule has 0 aliphatic rings. The molecule has 0 fully saturated rings. The molecule has 0 saturated carbocycles. The number of hydrogen-bond donors (Lipinski definition) is 1. The Balaban J connectivity index is 3.40. The predicted molar refractivity (Wildman–Crippen MR) is 62.6 cm³/mol. The minimum atomic E-state index is 0.390. The Hall–Kier alpha value is -0.0800. The molecular weight excluding hydrogens is 174 g/mol. The first-order chi connectivity index (χ1) is 6.56. The van der Waals surface area contributed by atoms with Gasteiger partial charge < -0.3 is 10.1 Å². The Morgan fingerprint density at radius 2 is 1.79 bits per heavy atom. The van der Waals surface area contributed by atoms with E-state index >= 15 is 0 Å². The van der Waals surface area contributed by atoms with Gasteiger partial charge in [0.2, 0.25) is 0 Å². The van der Waals surface area contributed by atoms with Gasteiger partial charge in [-0.15, -0.1) is 0 Å². The van der Waals surface area contributed by atoms with Crippen LogP contribution in [0.15, 0.2) is 0 Å². The van der Waals surface area contributed by atoms with E-state index in [0.717, 1.165) is 25.5 Å². The van der Waals surface area contributed by atoms with Crippen molar-refractivity contribution in [1.82, 2.24) is 5.32 Å². The van der Waals surface area contributed by atoms with Gasteiger partial charge in [-0.2, -0.15) is 0 Å². The third-order valence-corrected chi connectivity index (χ3v) is 2.18. The quantitative estimate of drug-likeness (QED) is 0.652. The van der Waals surface area contributed by atoms with E-state index in [1.165, 1.54) is 6.42 Å². The Labute approximate surface area is 89.4 Å². The number of ether oxygens (including phenoxy) is 1. The van der Waals surface area contributed by atoms with Crippen LogP contribution in [0.25, 0.3) is 0 Å². The number of nitrogens with one attached hydrogen (secondary N) is 1. The first kappa shape index (κ1) is 13.9. The standard InChI is InChI=1S/C12H27NO/c1-6-7-13-11(4)9-14-12(5)8-10(2)3/h10-13H,6-9H2,1-5H3. The first-order valence-electron chi connectivity index (χ1n) is 5.91. The summed E-state index contributed by atoms with van der Waals surface area (Å²) in [5.41, 5.74) is 0. The normalized spacial score (nSPS) is 15.9. The second-order valence-corrected chi connectivity index (χ2v) is 4.63. The van der Waals surface area contributed by atoms with Gasteiger partial charge in [-0.1, -0.05) is 20.8 Å². The summed E-state index contributed by atoms with van der Waals surface area (Å²) in [7, 11) is 0. The number of rotatable bonds is 8. The van der Waals surface area contributed by atoms with Gasteiger partial charge in [0.05, 0.1) is 12.7 Å². The molecule has 0 saturated heterocycles. The van der Waals surface area contributed by atoms with E-state index in [9.17, 15) is 0 Å². The van der Waals surface area contributed by atoms with Crippen LogP contribution >= 0.6 is 0 Å². The molecule has 0 amide bonds. The maximum Gasteiger partial charge on any atom is 0.0620 e. The average Bonchev–Trinajstić information content (AvgIpc) is 2.10. The summed E-state index contributed by atoms with van der Waals surface area (Å²) in [6, 6.07) is 0.476. The second kappa shape index (κ2) is 8.25. The lowest BCUT2D eigenvalue weighted by Crippen LogP contribution is -2.32. The fourth-order valence-electron chi connectivity index (χ4n) is 1.49. The van der Waals surface area contributed by atoms with Gasteiger partial charge in [-0.25, -0.2) is 0 Å². The van der Waals surface area contributed by atoms with Crippen LogP contribution < -0.4 is 5.32 Å². The Morgan fingerprint density at radius 3 is 2.29 bits per heavy atom. The zero-order valence-corrected chi connectivity index (χ0v) is 10.5. The monoisotopic (exact) mass is 201 g/mol. The molecule has 1 N–H and O–H groups in total. The van der Waals surface area contributed by atoms with Crippen molar-refractivity contribution in [3.63, 3.8) is 0 Å². The molecule has 0 aromatic rings. The van der Waals surface area contributed by atoms with Crippen LogP contribution in [-0.2, 0) is 4.74 Å². The van der Waals surface area contributed by atoms with Crippen molar-refractivity contribution in [3.8, 4) is 0 Å². The van der Waals surface area contributed by atoms with Crippen LogP contribution in [0, 0.1) is 5.92 Å². The second-order valence-electron chi connectivity index (χ2n) is 4.63. The molecule has 2 unspecified atom stereocenters. The molecule has 0 aromatic heterocycles. The third-order valence-electron chi connectivity index (χ3n) is 2.18. The van der Waals surface area contributed by atoms with Gasteiger partial charge in [0.1, 0.15) is 0 Å². The summed E-state index contributed by atoms with van der Waals surface area (Å²) in [6.45, 7) is 12.9. The highest BCUT2D eigenvalue weighted by Crippen LogP contribution is 2.07. The zero-order valence-electron chi connectivity index (χ0n) is 10.5. The maximum absolute atomic E-state index is 5.75. The third kappa shape index (κ3) is 8.52. The fraction of sp³-hybridized carbons (Fsp3) is 1.00. The molecule has 14 heavy (non-hydrogen) atoms. The van der Waals surface area contributed by atoms with E-state index in [0.29, 0.717) is 12.1 Å². The summed E-state index contributed by atoms with van der Waals surface area (Å²) in [5, 5.41) is 3.42. The Kier molecular flexibility index (Phi) is 8.20. The van der Waals surface area contributed by atoms with Crippen molar-refractivity contribution in [1.29, 1.82) is 0 Å². The van der Waals surface area contributed by atoms with Crippen molar-refractivity contribution >= 4 is 0 Å². The van der Waals surface area contributed by atoms with Gasteiger partial charge in [0.25, 0.3) is 0 Å². The molecule has 0 aromatic carbocycles. The lowest BCUT2D eigenvalue weighted by molar-refractivity contribution is 0.0401. The minimum Gasteiger partial charge on any atom is -0.377 e. The van der Waals surface area contributed by atoms with Crippen molar-refractivity contribution in [3.05, 3.63) is 0 Å². The molecule has 0 radical (unpaired) electrons. The molecule has 0 aliphatic carbocycles. The lowest BCUT2D eigenvalue weighted by atomic mass is 10.1. The van der Waals surface area contributed by atoms with Crippen molar-refractivity contribution in [2.75, 3.05) is 13.2 Å². The first-order valence-corrected chi connectivity index (χ1v) is 5.91. The minimum absolute atomic E-state index is 0.390. The van der Waals surface area contributed by atoms with Crippen LogP contribution in [0.1, 0.15) is 47.5 Å². The van der Waals surface area contributed by atoms with Crippen LogP contribution in [0.3, 0.4) is 0 Å². The average molecular weight is 201 g/mol. The Morgan fingerprint density at radius 1 is 1.14 bits per heavy atom. The van der Waals surface area contributed by atoms with E-state index < -0.39 is 0 Å². The van der Waals surface area contributed by atoms with E-state index in [-0.39, 0.29) is 0 Å². The molecule has 0 bridgehead atoms. The largest absolute Gasteiger partial charge is 0.377 e. The van der Waals surface area contributed by atoms with Crippen molar-refractivity contribution in [2.45, 2.75) is 59.6 Å². The summed E-state index contributed by atoms with van der Waals surface area (Å²) in [4.78, 5) is 0. The SMILES string of the molecule is CCCNC(C)COC(C)CC(C)C. The van der Waals surface area contributed by atoms with E-state index in [1.54, 1.807) is 0 Å². The van der Waals surface area contributed by atoms with E-state index in [4.69, 9.17) is 4.74 Å². The summed E-state index contributed by atoms with van der Waals surface area (Å²) >= 11 is 0. The highest BCUT2D eigenvalue weighted by atomic mass is 16.5. The topological polar surface area (TPSA) is 21.3 Å². The van der Waals surface area contributed by atoms with Crippen LogP contribution in [0.2, 0.25) is 0 Å². The summed E-state index contributed by atoms with van der Waals surface area (Å²) in [5.74, 6) is 0.726. The van der Waals surface area contributed by atoms with Gasteiger partial charge in [0.15, 0.2) is 0 Å². The zero-order chi connectivity index (χ0) is 11.0. The van der Waals surface area contributed by atoms with E-state index in [2.05, 4.69) is 39.9 Å². The van der Waals surface area contributed by atoms with E-state index in [1.807, 2.05) is 0 Å². The fourth-order valence-corrected chi connectivity index (χ4v) is 1.49. The van der Waals surface area contributed by atoms with Crippen molar-refractivity contribution < 1.29 is 4.74 Å². The summed E-state index contributed by atoms with van der Waals surface area (Å²) in [6.07, 6.45) is 2.73. The van der Waals surface area contributed by atoms with Crippen molar-refractivity contribution in [2.24, 2.45) is 5.92 Å². The molecule has 0 aliphatic heterocycles. The van der Waals surface area contributed by atoms with Gasteiger partial charge in [0, 0.05) is 6.04 Å². The Bertz CT molecular complexity index is 125. The lowest BCUT2D eigenvalue weighted by Gasteiger charge is -2.19. The molecule has 86 valence electrons. The smallest absolute Gasteiger partial charge is 0.0620 e. The predicted octanol–water partition coefficient (Wildman–Crippen LogP) is 2.83. The molecule has 0 heterocycles. The highest BCUT2D eigenvalue weighted by molar-refractivity contribution is 4.61. The van der Waals surface area contributed by atoms with Gasteiger partial charge in [-0.3, -0.25) is 0 Å². The van der Waals surface area contributed by atoms with Crippen LogP contribution in [0.4, 0.5) is 0 Å². The van der Waals surface area contributed by atoms with Crippen LogP contribution in [0.5, 0.6) is 0 Å². The highest BCUT2D eigenvalue weighted by Gasteiger charge is 2.07. The maximum atomic E-state index is 5.75. The molecule has 0 rings (SSSR count).